The number of hydrogen-bond donors (Lipinski definition) is 2. The van der Waals surface area contributed by atoms with Crippen LogP contribution < -0.4 is 8.61 Å². The van der Waals surface area contributed by atoms with E-state index in [1.165, 1.54) is 14.7 Å². The molecule has 8 nitrogen and oxygen atoms in total. The largest absolute Gasteiger partial charge is 0.444 e. The van der Waals surface area contributed by atoms with Crippen LogP contribution in [0, 0.1) is 11.6 Å². The topological polar surface area (TPSA) is 79.7 Å². The summed E-state index contributed by atoms with van der Waals surface area (Å²) in [5.41, 5.74) is 0.769. The van der Waals surface area contributed by atoms with Crippen LogP contribution in [0.4, 0.5) is 30.6 Å². The minimum atomic E-state index is -3.52. The summed E-state index contributed by atoms with van der Waals surface area (Å²) >= 11 is 0. The highest BCUT2D eigenvalue weighted by molar-refractivity contribution is 8.27. The van der Waals surface area contributed by atoms with Crippen molar-refractivity contribution in [3.05, 3.63) is 54.1 Å². The molecule has 0 atom stereocenters. The van der Waals surface area contributed by atoms with Crippen molar-refractivity contribution in [2.75, 3.05) is 47.9 Å². The molecule has 0 saturated carbocycles. The van der Waals surface area contributed by atoms with Crippen LogP contribution in [-0.2, 0) is 4.74 Å². The summed E-state index contributed by atoms with van der Waals surface area (Å²) in [6, 6.07) is 10.3. The maximum Gasteiger partial charge on any atom is 0.410 e. The van der Waals surface area contributed by atoms with Crippen molar-refractivity contribution >= 4 is 34.1 Å². The highest BCUT2D eigenvalue weighted by atomic mass is 32.3. The number of para-hydroxylation sites is 2. The van der Waals surface area contributed by atoms with E-state index >= 15 is 0 Å². The fraction of sp³-hybridized carbons (Fsp3) is 0.458. The molecule has 11 heteroatoms. The zero-order valence-corrected chi connectivity index (χ0v) is 21.0. The Labute approximate surface area is 206 Å². The summed E-state index contributed by atoms with van der Waals surface area (Å²) in [7, 11) is -3.52. The number of amides is 1. The first kappa shape index (κ1) is 25.5. The molecule has 35 heavy (non-hydrogen) atoms. The molecule has 0 bridgehead atoms. The lowest BCUT2D eigenvalue weighted by molar-refractivity contribution is 0.0145. The van der Waals surface area contributed by atoms with Crippen molar-refractivity contribution in [1.82, 2.24) is 9.80 Å². The molecule has 0 spiro atoms. The van der Waals surface area contributed by atoms with Gasteiger partial charge in [-0.1, -0.05) is 12.1 Å². The second kappa shape index (κ2) is 9.81. The van der Waals surface area contributed by atoms with Gasteiger partial charge in [-0.3, -0.25) is 18.3 Å². The zero-order valence-electron chi connectivity index (χ0n) is 20.2. The van der Waals surface area contributed by atoms with Gasteiger partial charge in [-0.15, -0.1) is 0 Å². The standard InChI is InChI=1S/C24H32F2N4O4S/c1-24(2,3)34-23(31)28-15-13-27(14-16-28)11-6-12-29-21-7-4-5-8-22(21)30(35(29,32)33)18-9-10-19(25)20(26)17-18/h4-5,7-10,17,32-33H,6,11-16H2,1-3H3. The Hall–Kier alpha value is -2.60. The van der Waals surface area contributed by atoms with Crippen molar-refractivity contribution in [3.8, 4) is 0 Å². The first-order chi connectivity index (χ1) is 16.5. The lowest BCUT2D eigenvalue weighted by Gasteiger charge is -2.44. The maximum atomic E-state index is 13.9. The molecule has 2 aromatic carbocycles. The van der Waals surface area contributed by atoms with Gasteiger partial charge in [-0.25, -0.2) is 17.9 Å². The molecule has 2 aromatic rings. The fourth-order valence-corrected chi connectivity index (χ4v) is 6.07. The second-order valence-electron chi connectivity index (χ2n) is 9.64. The Balaban J connectivity index is 1.39. The van der Waals surface area contributed by atoms with Crippen LogP contribution in [-0.4, -0.2) is 69.9 Å². The molecule has 4 rings (SSSR count). The van der Waals surface area contributed by atoms with E-state index in [1.54, 1.807) is 29.2 Å². The van der Waals surface area contributed by atoms with E-state index in [0.29, 0.717) is 57.1 Å². The van der Waals surface area contributed by atoms with E-state index < -0.39 is 28.2 Å². The zero-order chi connectivity index (χ0) is 25.4. The number of anilines is 3. The Morgan fingerprint density at radius 2 is 1.63 bits per heavy atom. The molecule has 1 fully saturated rings. The molecule has 2 heterocycles. The number of nitrogens with zero attached hydrogens (tertiary/aromatic N) is 4. The van der Waals surface area contributed by atoms with Gasteiger partial charge in [0.15, 0.2) is 11.6 Å². The summed E-state index contributed by atoms with van der Waals surface area (Å²) in [5.74, 6) is -2.06. The van der Waals surface area contributed by atoms with Crippen LogP contribution in [0.25, 0.3) is 0 Å². The Morgan fingerprint density at radius 3 is 2.26 bits per heavy atom. The molecule has 2 aliphatic rings. The van der Waals surface area contributed by atoms with E-state index in [0.717, 1.165) is 12.1 Å². The van der Waals surface area contributed by atoms with E-state index in [1.807, 2.05) is 20.8 Å². The summed E-state index contributed by atoms with van der Waals surface area (Å²) < 4.78 is 58.0. The predicted octanol–water partition coefficient (Wildman–Crippen LogP) is 5.45. The number of fused-ring (bicyclic) bond motifs is 1. The van der Waals surface area contributed by atoms with Crippen molar-refractivity contribution in [2.24, 2.45) is 0 Å². The Morgan fingerprint density at radius 1 is 0.971 bits per heavy atom. The molecule has 0 aliphatic carbocycles. The van der Waals surface area contributed by atoms with Crippen LogP contribution in [0.5, 0.6) is 0 Å². The van der Waals surface area contributed by atoms with Gasteiger partial charge < -0.3 is 9.64 Å². The minimum absolute atomic E-state index is 0.164. The first-order valence-corrected chi connectivity index (χ1v) is 13.0. The molecule has 2 N–H and O–H groups in total. The Kier molecular flexibility index (Phi) is 7.14. The van der Waals surface area contributed by atoms with Gasteiger partial charge in [-0.05, 0) is 62.4 Å². The predicted molar refractivity (Wildman–Crippen MR) is 134 cm³/mol. The van der Waals surface area contributed by atoms with Gasteiger partial charge in [-0.2, -0.15) is 0 Å². The molecular formula is C24H32F2N4O4S. The van der Waals surface area contributed by atoms with Crippen molar-refractivity contribution < 1.29 is 27.4 Å². The minimum Gasteiger partial charge on any atom is -0.444 e. The maximum absolute atomic E-state index is 13.9. The summed E-state index contributed by atoms with van der Waals surface area (Å²) in [5, 5.41) is 0. The average molecular weight is 511 g/mol. The SMILES string of the molecule is CC(C)(C)OC(=O)N1CCN(CCCN2c3ccccc3N(c3ccc(F)c(F)c3)S2(O)O)CC1. The van der Waals surface area contributed by atoms with Gasteiger partial charge >= 0.3 is 6.09 Å². The summed E-state index contributed by atoms with van der Waals surface area (Å²) in [6.45, 7) is 9.13. The van der Waals surface area contributed by atoms with E-state index in [4.69, 9.17) is 4.74 Å². The van der Waals surface area contributed by atoms with Crippen molar-refractivity contribution in [1.29, 1.82) is 0 Å². The van der Waals surface area contributed by atoms with Crippen molar-refractivity contribution in [3.63, 3.8) is 0 Å². The number of ether oxygens (including phenoxy) is 1. The highest BCUT2D eigenvalue weighted by Crippen LogP contribution is 2.64. The molecule has 0 aromatic heterocycles. The van der Waals surface area contributed by atoms with Gasteiger partial charge in [0.2, 0.25) is 0 Å². The lowest BCUT2D eigenvalue weighted by atomic mass is 10.2. The van der Waals surface area contributed by atoms with Crippen LogP contribution in [0.2, 0.25) is 0 Å². The van der Waals surface area contributed by atoms with Gasteiger partial charge in [0.25, 0.3) is 0 Å². The molecular weight excluding hydrogens is 478 g/mol. The molecule has 1 saturated heterocycles. The third kappa shape index (κ3) is 5.48. The number of carbonyl (C=O) groups is 1. The Bertz CT molecular complexity index is 1070. The third-order valence-corrected chi connectivity index (χ3v) is 7.78. The molecule has 2 aliphatic heterocycles. The number of carbonyl (C=O) groups excluding carboxylic acids is 1. The highest BCUT2D eigenvalue weighted by Gasteiger charge is 2.41. The smallest absolute Gasteiger partial charge is 0.410 e. The third-order valence-electron chi connectivity index (χ3n) is 5.91. The van der Waals surface area contributed by atoms with Crippen LogP contribution in [0.3, 0.4) is 0 Å². The normalized spacial score (nSPS) is 19.0. The fourth-order valence-electron chi connectivity index (χ4n) is 4.26. The molecule has 0 radical (unpaired) electrons. The van der Waals surface area contributed by atoms with E-state index in [2.05, 4.69) is 4.90 Å². The quantitative estimate of drug-likeness (QED) is 0.554. The van der Waals surface area contributed by atoms with Gasteiger partial charge in [0.1, 0.15) is 5.60 Å². The number of benzene rings is 2. The average Bonchev–Trinajstić information content (AvgIpc) is 3.01. The summed E-state index contributed by atoms with van der Waals surface area (Å²) in [4.78, 5) is 16.2. The number of rotatable bonds is 5. The van der Waals surface area contributed by atoms with Crippen LogP contribution in [0.15, 0.2) is 42.5 Å². The molecule has 0 unspecified atom stereocenters. The lowest BCUT2D eigenvalue weighted by Crippen LogP contribution is -2.50. The first-order valence-electron chi connectivity index (χ1n) is 11.6. The summed E-state index contributed by atoms with van der Waals surface area (Å²) in [6.07, 6.45) is 0.333. The van der Waals surface area contributed by atoms with E-state index in [-0.39, 0.29) is 11.8 Å². The van der Waals surface area contributed by atoms with Crippen LogP contribution in [0.1, 0.15) is 27.2 Å². The molecule has 192 valence electrons. The monoisotopic (exact) mass is 510 g/mol. The van der Waals surface area contributed by atoms with Crippen molar-refractivity contribution in [2.45, 2.75) is 32.8 Å². The number of piperazine rings is 1. The number of hydrogen-bond acceptors (Lipinski definition) is 7. The van der Waals surface area contributed by atoms with Gasteiger partial charge in [0.05, 0.1) is 17.1 Å². The second-order valence-corrected chi connectivity index (χ2v) is 11.4. The number of halogens is 2. The molecule has 1 amide bonds. The van der Waals surface area contributed by atoms with Crippen LogP contribution >= 0.6 is 11.0 Å². The van der Waals surface area contributed by atoms with Gasteiger partial charge in [0, 0.05) is 45.3 Å². The van der Waals surface area contributed by atoms with E-state index in [9.17, 15) is 22.7 Å².